The molecule has 18 heavy (non-hydrogen) atoms. The Kier molecular flexibility index (Phi) is 3.84. The number of nitrogens with zero attached hydrogens (tertiary/aromatic N) is 2. The molecule has 1 unspecified atom stereocenters. The van der Waals surface area contributed by atoms with Crippen LogP contribution in [0.4, 0.5) is 0 Å². The van der Waals surface area contributed by atoms with Crippen LogP contribution >= 0.6 is 0 Å². The first-order valence-electron chi connectivity index (χ1n) is 6.04. The predicted octanol–water partition coefficient (Wildman–Crippen LogP) is 0.774. The largest absolute Gasteiger partial charge is 0.497 e. The third-order valence-corrected chi connectivity index (χ3v) is 3.31. The van der Waals surface area contributed by atoms with Crippen molar-refractivity contribution < 1.29 is 9.53 Å². The Balaban J connectivity index is 2.27. The van der Waals surface area contributed by atoms with Gasteiger partial charge in [0.15, 0.2) is 0 Å². The zero-order valence-corrected chi connectivity index (χ0v) is 10.8. The summed E-state index contributed by atoms with van der Waals surface area (Å²) in [6.45, 7) is 1.20. The fourth-order valence-corrected chi connectivity index (χ4v) is 2.33. The van der Waals surface area contributed by atoms with E-state index < -0.39 is 0 Å². The number of carbonyl (C=O) groups is 1. The minimum atomic E-state index is 0.0566. The highest BCUT2D eigenvalue weighted by Crippen LogP contribution is 2.33. The molecule has 1 fully saturated rings. The van der Waals surface area contributed by atoms with Crippen LogP contribution in [0.2, 0.25) is 0 Å². The molecule has 1 aromatic rings. The van der Waals surface area contributed by atoms with E-state index in [4.69, 9.17) is 10.5 Å². The van der Waals surface area contributed by atoms with Crippen molar-refractivity contribution in [3.63, 3.8) is 0 Å². The Labute approximate surface area is 107 Å². The van der Waals surface area contributed by atoms with Crippen LogP contribution in [0, 0.1) is 0 Å². The molecule has 2 rings (SSSR count). The van der Waals surface area contributed by atoms with Gasteiger partial charge < -0.3 is 10.5 Å². The van der Waals surface area contributed by atoms with E-state index >= 15 is 0 Å². The molecule has 1 aliphatic heterocycles. The quantitative estimate of drug-likeness (QED) is 0.856. The lowest BCUT2D eigenvalue weighted by Gasteiger charge is -2.29. The lowest BCUT2D eigenvalue weighted by molar-refractivity contribution is -0.135. The van der Waals surface area contributed by atoms with Gasteiger partial charge in [0.25, 0.3) is 0 Å². The molecule has 0 aliphatic carbocycles. The fourth-order valence-electron chi connectivity index (χ4n) is 2.33. The van der Waals surface area contributed by atoms with Crippen molar-refractivity contribution in [1.82, 2.24) is 10.0 Å². The van der Waals surface area contributed by atoms with Crippen molar-refractivity contribution in [2.45, 2.75) is 12.5 Å². The van der Waals surface area contributed by atoms with Gasteiger partial charge in [-0.1, -0.05) is 12.1 Å². The molecule has 0 saturated carbocycles. The van der Waals surface area contributed by atoms with Gasteiger partial charge in [-0.25, -0.2) is 5.01 Å². The number of ether oxygens (including phenoxy) is 1. The average molecular weight is 249 g/mol. The number of hydrogen-bond donors (Lipinski definition) is 1. The zero-order valence-electron chi connectivity index (χ0n) is 10.8. The van der Waals surface area contributed by atoms with Gasteiger partial charge in [0.2, 0.25) is 5.91 Å². The summed E-state index contributed by atoms with van der Waals surface area (Å²) in [5.41, 5.74) is 6.69. The standard InChI is InChI=1S/C13H19N3O2/c1-15-13(17)9-12(16(15)7-6-14)10-4-3-5-11(8-10)18-2/h3-5,8,12H,6-7,9,14H2,1-2H3. The van der Waals surface area contributed by atoms with Crippen LogP contribution in [0.3, 0.4) is 0 Å². The first-order chi connectivity index (χ1) is 8.67. The molecule has 1 aliphatic rings. The molecule has 1 atom stereocenters. The molecule has 1 saturated heterocycles. The summed E-state index contributed by atoms with van der Waals surface area (Å²) in [6, 6.07) is 7.89. The molecular weight excluding hydrogens is 230 g/mol. The van der Waals surface area contributed by atoms with Gasteiger partial charge in [-0.15, -0.1) is 0 Å². The van der Waals surface area contributed by atoms with E-state index in [0.717, 1.165) is 11.3 Å². The lowest BCUT2D eigenvalue weighted by Crippen LogP contribution is -2.39. The molecule has 1 amide bonds. The van der Waals surface area contributed by atoms with Gasteiger partial charge in [-0.05, 0) is 17.7 Å². The van der Waals surface area contributed by atoms with Crippen LogP contribution in [0.1, 0.15) is 18.0 Å². The van der Waals surface area contributed by atoms with E-state index in [9.17, 15) is 4.79 Å². The Hall–Kier alpha value is -1.59. The van der Waals surface area contributed by atoms with Crippen LogP contribution in [-0.4, -0.2) is 43.2 Å². The second kappa shape index (κ2) is 5.37. The fraction of sp³-hybridized carbons (Fsp3) is 0.462. The number of hydrazine groups is 1. The van der Waals surface area contributed by atoms with Crippen molar-refractivity contribution in [1.29, 1.82) is 0 Å². The van der Waals surface area contributed by atoms with Gasteiger partial charge in [0, 0.05) is 26.6 Å². The van der Waals surface area contributed by atoms with E-state index in [0.29, 0.717) is 19.5 Å². The highest BCUT2D eigenvalue weighted by Gasteiger charge is 2.35. The first kappa shape index (κ1) is 12.9. The van der Waals surface area contributed by atoms with E-state index in [-0.39, 0.29) is 11.9 Å². The summed E-state index contributed by atoms with van der Waals surface area (Å²) in [7, 11) is 3.43. The molecule has 5 nitrogen and oxygen atoms in total. The van der Waals surface area contributed by atoms with Gasteiger partial charge in [-0.3, -0.25) is 9.80 Å². The minimum Gasteiger partial charge on any atom is -0.497 e. The molecule has 1 aromatic carbocycles. The number of carbonyl (C=O) groups excluding carboxylic acids is 1. The first-order valence-corrected chi connectivity index (χ1v) is 6.04. The maximum Gasteiger partial charge on any atom is 0.238 e. The molecule has 0 spiro atoms. The topological polar surface area (TPSA) is 58.8 Å². The van der Waals surface area contributed by atoms with Crippen LogP contribution in [0.15, 0.2) is 24.3 Å². The van der Waals surface area contributed by atoms with Gasteiger partial charge in [-0.2, -0.15) is 0 Å². The van der Waals surface area contributed by atoms with Crippen LogP contribution < -0.4 is 10.5 Å². The van der Waals surface area contributed by atoms with Crippen LogP contribution in [0.5, 0.6) is 5.75 Å². The molecular formula is C13H19N3O2. The van der Waals surface area contributed by atoms with E-state index in [1.165, 1.54) is 0 Å². The summed E-state index contributed by atoms with van der Waals surface area (Å²) in [5, 5.41) is 3.67. The van der Waals surface area contributed by atoms with Crippen molar-refractivity contribution in [3.05, 3.63) is 29.8 Å². The smallest absolute Gasteiger partial charge is 0.238 e. The molecule has 0 bridgehead atoms. The number of rotatable bonds is 4. The van der Waals surface area contributed by atoms with E-state index in [2.05, 4.69) is 0 Å². The molecule has 98 valence electrons. The average Bonchev–Trinajstić information content (AvgIpc) is 2.68. The summed E-state index contributed by atoms with van der Waals surface area (Å²) < 4.78 is 5.22. The maximum absolute atomic E-state index is 11.8. The maximum atomic E-state index is 11.8. The molecule has 5 heteroatoms. The zero-order chi connectivity index (χ0) is 13.1. The third-order valence-electron chi connectivity index (χ3n) is 3.31. The monoisotopic (exact) mass is 249 g/mol. The second-order valence-electron chi connectivity index (χ2n) is 4.37. The van der Waals surface area contributed by atoms with E-state index in [1.807, 2.05) is 29.3 Å². The normalized spacial score (nSPS) is 20.5. The number of methoxy groups -OCH3 is 1. The predicted molar refractivity (Wildman–Crippen MR) is 68.9 cm³/mol. The van der Waals surface area contributed by atoms with Crippen molar-refractivity contribution in [3.8, 4) is 5.75 Å². The third kappa shape index (κ3) is 2.32. The highest BCUT2D eigenvalue weighted by molar-refractivity contribution is 5.78. The number of benzene rings is 1. The van der Waals surface area contributed by atoms with E-state index in [1.54, 1.807) is 19.2 Å². The van der Waals surface area contributed by atoms with Crippen LogP contribution in [-0.2, 0) is 4.79 Å². The number of hydrogen-bond acceptors (Lipinski definition) is 4. The van der Waals surface area contributed by atoms with Crippen molar-refractivity contribution in [2.24, 2.45) is 5.73 Å². The summed E-state index contributed by atoms with van der Waals surface area (Å²) in [6.07, 6.45) is 0.490. The van der Waals surface area contributed by atoms with Crippen molar-refractivity contribution in [2.75, 3.05) is 27.2 Å². The highest BCUT2D eigenvalue weighted by atomic mass is 16.5. The van der Waals surface area contributed by atoms with Crippen molar-refractivity contribution >= 4 is 5.91 Å². The molecule has 0 radical (unpaired) electrons. The number of nitrogens with two attached hydrogens (primary N) is 1. The Morgan fingerprint density at radius 2 is 2.28 bits per heavy atom. The molecule has 1 heterocycles. The second-order valence-corrected chi connectivity index (χ2v) is 4.37. The SMILES string of the molecule is COc1cccc(C2CC(=O)N(C)N2CCN)c1. The van der Waals surface area contributed by atoms with Crippen LogP contribution in [0.25, 0.3) is 0 Å². The molecule has 2 N–H and O–H groups in total. The van der Waals surface area contributed by atoms with Gasteiger partial charge in [0.1, 0.15) is 5.75 Å². The summed E-state index contributed by atoms with van der Waals surface area (Å²) >= 11 is 0. The summed E-state index contributed by atoms with van der Waals surface area (Å²) in [5.74, 6) is 0.929. The number of amides is 1. The Bertz CT molecular complexity index is 436. The van der Waals surface area contributed by atoms with Gasteiger partial charge >= 0.3 is 0 Å². The summed E-state index contributed by atoms with van der Waals surface area (Å²) in [4.78, 5) is 11.8. The Morgan fingerprint density at radius 3 is 2.94 bits per heavy atom. The van der Waals surface area contributed by atoms with Gasteiger partial charge in [0.05, 0.1) is 13.2 Å². The molecule has 0 aromatic heterocycles. The Morgan fingerprint density at radius 1 is 1.50 bits per heavy atom. The lowest BCUT2D eigenvalue weighted by atomic mass is 10.0. The minimum absolute atomic E-state index is 0.0566.